The minimum absolute atomic E-state index is 0.0673. The Bertz CT molecular complexity index is 305. The van der Waals surface area contributed by atoms with E-state index in [-0.39, 0.29) is 36.5 Å². The van der Waals surface area contributed by atoms with Crippen molar-refractivity contribution in [3.05, 3.63) is 0 Å². The van der Waals surface area contributed by atoms with Gasteiger partial charge in [0.1, 0.15) is 0 Å². The lowest BCUT2D eigenvalue weighted by molar-refractivity contribution is -0.141. The van der Waals surface area contributed by atoms with Gasteiger partial charge in [-0.25, -0.2) is 0 Å². The molecule has 2 N–H and O–H groups in total. The molecule has 0 aromatic heterocycles. The fourth-order valence-electron chi connectivity index (χ4n) is 2.18. The van der Waals surface area contributed by atoms with Crippen LogP contribution in [-0.2, 0) is 14.3 Å². The molecule has 0 spiro atoms. The molecule has 1 saturated heterocycles. The highest BCUT2D eigenvalue weighted by Gasteiger charge is 2.41. The van der Waals surface area contributed by atoms with E-state index in [1.807, 2.05) is 20.8 Å². The second-order valence-electron chi connectivity index (χ2n) is 4.92. The summed E-state index contributed by atoms with van der Waals surface area (Å²) in [7, 11) is 0. The molecule has 1 aliphatic heterocycles. The summed E-state index contributed by atoms with van der Waals surface area (Å²) in [5, 5.41) is 11.4. The van der Waals surface area contributed by atoms with Crippen LogP contribution in [-0.4, -0.2) is 35.7 Å². The molecule has 0 radical (unpaired) electrons. The van der Waals surface area contributed by atoms with Crippen LogP contribution in [0.5, 0.6) is 0 Å². The van der Waals surface area contributed by atoms with E-state index in [2.05, 4.69) is 5.32 Å². The first kappa shape index (κ1) is 14.0. The number of hydrogen-bond acceptors (Lipinski definition) is 3. The largest absolute Gasteiger partial charge is 0.481 e. The maximum Gasteiger partial charge on any atom is 0.308 e. The molecular formula is C12H21NO4. The molecule has 0 aromatic rings. The van der Waals surface area contributed by atoms with Crippen molar-refractivity contribution in [1.29, 1.82) is 0 Å². The second-order valence-corrected chi connectivity index (χ2v) is 4.92. The van der Waals surface area contributed by atoms with E-state index in [4.69, 9.17) is 9.84 Å². The zero-order valence-electron chi connectivity index (χ0n) is 10.8. The Morgan fingerprint density at radius 3 is 2.29 bits per heavy atom. The van der Waals surface area contributed by atoms with Crippen LogP contribution in [0.4, 0.5) is 0 Å². The maximum absolute atomic E-state index is 12.0. The van der Waals surface area contributed by atoms with Crippen molar-refractivity contribution in [2.24, 2.45) is 17.8 Å². The van der Waals surface area contributed by atoms with E-state index in [0.717, 1.165) is 0 Å². The molecule has 5 heteroatoms. The zero-order valence-corrected chi connectivity index (χ0v) is 10.8. The van der Waals surface area contributed by atoms with E-state index in [0.29, 0.717) is 0 Å². The molecule has 1 amide bonds. The normalized spacial score (nSPS) is 34.4. The number of nitrogens with one attached hydrogen (secondary N) is 1. The maximum atomic E-state index is 12.0. The second kappa shape index (κ2) is 5.49. The van der Waals surface area contributed by atoms with Gasteiger partial charge in [-0.15, -0.1) is 0 Å². The molecule has 0 bridgehead atoms. The molecule has 0 aromatic carbocycles. The van der Waals surface area contributed by atoms with Crippen molar-refractivity contribution in [1.82, 2.24) is 5.32 Å². The Balaban J connectivity index is 2.50. The van der Waals surface area contributed by atoms with Gasteiger partial charge in [0, 0.05) is 6.54 Å². The minimum Gasteiger partial charge on any atom is -0.481 e. The van der Waals surface area contributed by atoms with Gasteiger partial charge in [0.25, 0.3) is 0 Å². The Labute approximate surface area is 102 Å². The van der Waals surface area contributed by atoms with Gasteiger partial charge in [-0.2, -0.15) is 0 Å². The number of rotatable bonds is 4. The SMILES string of the molecule is CC(CNC(=O)C1C(C)OC(C)C1C)C(=O)O. The number of carbonyl (C=O) groups is 2. The van der Waals surface area contributed by atoms with Crippen LogP contribution in [0, 0.1) is 17.8 Å². The summed E-state index contributed by atoms with van der Waals surface area (Å²) in [5.41, 5.74) is 0. The Morgan fingerprint density at radius 1 is 1.29 bits per heavy atom. The van der Waals surface area contributed by atoms with Crippen LogP contribution in [0.2, 0.25) is 0 Å². The van der Waals surface area contributed by atoms with Crippen molar-refractivity contribution >= 4 is 11.9 Å². The third kappa shape index (κ3) is 3.19. The van der Waals surface area contributed by atoms with Gasteiger partial charge < -0.3 is 15.2 Å². The highest BCUT2D eigenvalue weighted by atomic mass is 16.5. The number of carbonyl (C=O) groups excluding carboxylic acids is 1. The third-order valence-corrected chi connectivity index (χ3v) is 3.55. The fraction of sp³-hybridized carbons (Fsp3) is 0.833. The third-order valence-electron chi connectivity index (χ3n) is 3.55. The topological polar surface area (TPSA) is 75.6 Å². The van der Waals surface area contributed by atoms with E-state index >= 15 is 0 Å². The highest BCUT2D eigenvalue weighted by molar-refractivity contribution is 5.80. The molecule has 5 nitrogen and oxygen atoms in total. The Kier molecular flexibility index (Phi) is 4.51. The predicted octanol–water partition coefficient (Wildman–Crippen LogP) is 0.883. The smallest absolute Gasteiger partial charge is 0.308 e. The van der Waals surface area contributed by atoms with Crippen molar-refractivity contribution in [2.75, 3.05) is 6.54 Å². The van der Waals surface area contributed by atoms with Gasteiger partial charge >= 0.3 is 5.97 Å². The Morgan fingerprint density at radius 2 is 1.88 bits per heavy atom. The molecule has 17 heavy (non-hydrogen) atoms. The summed E-state index contributed by atoms with van der Waals surface area (Å²) >= 11 is 0. The Hall–Kier alpha value is -1.10. The van der Waals surface area contributed by atoms with Gasteiger partial charge in [-0.1, -0.05) is 13.8 Å². The van der Waals surface area contributed by atoms with Crippen molar-refractivity contribution in [3.8, 4) is 0 Å². The molecule has 1 aliphatic rings. The zero-order chi connectivity index (χ0) is 13.2. The number of carboxylic acid groups (broad SMARTS) is 1. The summed E-state index contributed by atoms with van der Waals surface area (Å²) in [6.07, 6.45) is -0.0437. The van der Waals surface area contributed by atoms with E-state index in [1.165, 1.54) is 0 Å². The first-order valence-corrected chi connectivity index (χ1v) is 6.00. The highest BCUT2D eigenvalue weighted by Crippen LogP contribution is 2.32. The summed E-state index contributed by atoms with van der Waals surface area (Å²) in [6.45, 7) is 7.56. The molecule has 1 heterocycles. The molecule has 1 rings (SSSR count). The van der Waals surface area contributed by atoms with Crippen LogP contribution < -0.4 is 5.32 Å². The first-order chi connectivity index (χ1) is 7.84. The predicted molar refractivity (Wildman–Crippen MR) is 62.5 cm³/mol. The lowest BCUT2D eigenvalue weighted by Crippen LogP contribution is -2.40. The summed E-state index contributed by atoms with van der Waals surface area (Å²) in [4.78, 5) is 22.6. The van der Waals surface area contributed by atoms with Gasteiger partial charge in [-0.3, -0.25) is 9.59 Å². The van der Waals surface area contributed by atoms with Gasteiger partial charge in [-0.05, 0) is 19.8 Å². The molecule has 0 saturated carbocycles. The van der Waals surface area contributed by atoms with E-state index in [1.54, 1.807) is 6.92 Å². The number of hydrogen-bond donors (Lipinski definition) is 2. The molecule has 5 atom stereocenters. The van der Waals surface area contributed by atoms with Crippen LogP contribution in [0.25, 0.3) is 0 Å². The average molecular weight is 243 g/mol. The quantitative estimate of drug-likeness (QED) is 0.768. The van der Waals surface area contributed by atoms with Crippen LogP contribution in [0.15, 0.2) is 0 Å². The summed E-state index contributed by atoms with van der Waals surface area (Å²) < 4.78 is 5.58. The van der Waals surface area contributed by atoms with Gasteiger partial charge in [0.15, 0.2) is 0 Å². The molecule has 0 aliphatic carbocycles. The minimum atomic E-state index is -0.901. The molecule has 98 valence electrons. The summed E-state index contributed by atoms with van der Waals surface area (Å²) in [5.74, 6) is -1.61. The lowest BCUT2D eigenvalue weighted by Gasteiger charge is -2.18. The van der Waals surface area contributed by atoms with Crippen molar-refractivity contribution in [3.63, 3.8) is 0 Å². The molecule has 1 fully saturated rings. The van der Waals surface area contributed by atoms with Crippen molar-refractivity contribution in [2.45, 2.75) is 39.9 Å². The number of ether oxygens (including phenoxy) is 1. The first-order valence-electron chi connectivity index (χ1n) is 6.00. The fourth-order valence-corrected chi connectivity index (χ4v) is 2.18. The number of amides is 1. The molecular weight excluding hydrogens is 222 g/mol. The van der Waals surface area contributed by atoms with Crippen LogP contribution >= 0.6 is 0 Å². The van der Waals surface area contributed by atoms with Crippen molar-refractivity contribution < 1.29 is 19.4 Å². The molecule has 5 unspecified atom stereocenters. The van der Waals surface area contributed by atoms with Gasteiger partial charge in [0.05, 0.1) is 24.0 Å². The van der Waals surface area contributed by atoms with E-state index < -0.39 is 11.9 Å². The standard InChI is InChI=1S/C12H21NO4/c1-6(12(15)16)5-13-11(14)10-7(2)8(3)17-9(10)4/h6-10H,5H2,1-4H3,(H,13,14)(H,15,16). The van der Waals surface area contributed by atoms with Crippen LogP contribution in [0.1, 0.15) is 27.7 Å². The lowest BCUT2D eigenvalue weighted by atomic mass is 9.89. The number of aliphatic carboxylic acids is 1. The number of carboxylic acids is 1. The summed E-state index contributed by atoms with van der Waals surface area (Å²) in [6, 6.07) is 0. The average Bonchev–Trinajstić information content (AvgIpc) is 2.49. The van der Waals surface area contributed by atoms with Gasteiger partial charge in [0.2, 0.25) is 5.91 Å². The van der Waals surface area contributed by atoms with Crippen LogP contribution in [0.3, 0.4) is 0 Å². The van der Waals surface area contributed by atoms with E-state index in [9.17, 15) is 9.59 Å². The monoisotopic (exact) mass is 243 g/mol.